The van der Waals surface area contributed by atoms with E-state index in [1.54, 1.807) is 18.7 Å². The number of rotatable bonds is 0. The number of hydrazine groups is 1. The predicted octanol–water partition coefficient (Wildman–Crippen LogP) is 19.3. The summed E-state index contributed by atoms with van der Waals surface area (Å²) in [6.07, 6.45) is 24.1. The van der Waals surface area contributed by atoms with E-state index >= 15 is 0 Å². The van der Waals surface area contributed by atoms with Crippen molar-refractivity contribution in [2.45, 2.75) is 373 Å². The largest absolute Gasteiger partial charge is 0.561 e. The number of aromatic amines is 1. The summed E-state index contributed by atoms with van der Waals surface area (Å²) in [7, 11) is -3.35. The van der Waals surface area contributed by atoms with Crippen LogP contribution in [0.5, 0.6) is 5.75 Å². The number of benzene rings is 3. The summed E-state index contributed by atoms with van der Waals surface area (Å²) in [6, 6.07) is 21.0. The highest BCUT2D eigenvalue weighted by Crippen LogP contribution is 2.38. The van der Waals surface area contributed by atoms with Gasteiger partial charge in [-0.05, 0) is 162 Å². The molecule has 1 saturated heterocycles. The molecule has 12 heterocycles. The van der Waals surface area contributed by atoms with Crippen LogP contribution < -0.4 is 26.3 Å². The number of ketones is 1. The fourth-order valence-corrected chi connectivity index (χ4v) is 14.1. The number of aliphatic imine (C=N–C) groups is 3. The summed E-state index contributed by atoms with van der Waals surface area (Å²) in [5.74, 6) is 4.68. The Balaban J connectivity index is 0.000000313. The van der Waals surface area contributed by atoms with Crippen molar-refractivity contribution in [3.63, 3.8) is 0 Å². The molecular weight excluding hydrogens is 1730 g/mol. The lowest BCUT2D eigenvalue weighted by atomic mass is 9.66. The van der Waals surface area contributed by atoms with E-state index in [-0.39, 0.29) is 88.4 Å². The molecule has 762 valence electrons. The molecule has 1 amide bonds. The van der Waals surface area contributed by atoms with Crippen molar-refractivity contribution in [2.24, 2.45) is 47.5 Å². The molecule has 3 aromatic heterocycles. The highest BCUT2D eigenvalue weighted by atomic mass is 16.5. The van der Waals surface area contributed by atoms with Crippen molar-refractivity contribution < 1.29 is 72.2 Å². The second-order valence-electron chi connectivity index (χ2n) is 49.4. The highest BCUT2D eigenvalue weighted by molar-refractivity contribution is 6.62. The van der Waals surface area contributed by atoms with Crippen molar-refractivity contribution in [3.05, 3.63) is 184 Å². The van der Waals surface area contributed by atoms with Crippen LogP contribution in [-0.2, 0) is 85.0 Å². The lowest BCUT2D eigenvalue weighted by Crippen LogP contribution is -2.45. The number of H-pyrrole nitrogens is 1. The van der Waals surface area contributed by atoms with Gasteiger partial charge in [-0.15, -0.1) is 0 Å². The standard InChI is InChI=1S/C12H17BO.2C11H15BO2.C9H14O2.C8H13N.C7H13BO2.C7H15BO2.C7H12N2O.C7H14N2.C7H12N2.C7H11NO.C6H12BNO2.C6H11N3/c1-12(2,3)10-6-5-9-8-13(4)14-11(9)7-10;2*1-11(2,3)9-5-4-8-7-14-12(13)10(8)6-9;1-9(2,3)8-6(10)4-5-7(8)11;1-8(2,3)7-5-4-6-9-7;1-7(2,3)6-4-5-10-8(6)9;1-7(2,3)6-4-5-8(9)10-6;1-7(2,3)6-8-4-5(10)9-6;2*1-7(2,3)9-6-4-5-8-9;1-7(2,3)6-8-4-5-9-6;1-6(2,3)5-8-4-7(9)10-5;1-6(2,3)5-7-4-8-9-5/h5-7H,8H2,1-4H3;2*4-6,13H,7H2,1-3H3;10H,4-5H2,1-3H3;4,6H,5H2,1-3H3;4,9H,5H2,1-3H3;6,9H,4-5H2,1-3H3;4H2,1-3H3,(H,8,9,10);4-5,8H,6H2,1-3H3;4-6H,1-3H3;4-5H,1-3H3;9H,4H2,1-3H3;4H,1-3H3,(H,7,8,9). The third-order valence-electron chi connectivity index (χ3n) is 22.7. The normalized spacial score (nSPS) is 17.3. The topological polar surface area (TPSA) is 361 Å². The van der Waals surface area contributed by atoms with Crippen molar-refractivity contribution in [2.75, 3.05) is 26.1 Å². The molecule has 16 rings (SSSR count). The third kappa shape index (κ3) is 42.4. The minimum absolute atomic E-state index is 0.00456. The smallest absolute Gasteiger partial charge is 0.546 e. The van der Waals surface area contributed by atoms with E-state index in [0.29, 0.717) is 69.8 Å². The van der Waals surface area contributed by atoms with E-state index in [0.717, 1.165) is 82.9 Å². The maximum Gasteiger partial charge on any atom is 0.546 e. The summed E-state index contributed by atoms with van der Waals surface area (Å²) >= 11 is 0. The summed E-state index contributed by atoms with van der Waals surface area (Å²) < 4.78 is 38.3. The van der Waals surface area contributed by atoms with Crippen LogP contribution in [0.1, 0.15) is 341 Å². The van der Waals surface area contributed by atoms with E-state index in [4.69, 9.17) is 42.4 Å². The van der Waals surface area contributed by atoms with Gasteiger partial charge in [-0.3, -0.25) is 34.3 Å². The Morgan fingerprint density at radius 2 is 1.09 bits per heavy atom. The van der Waals surface area contributed by atoms with Crippen molar-refractivity contribution in [3.8, 4) is 5.75 Å². The average molecular weight is 1910 g/mol. The van der Waals surface area contributed by atoms with E-state index < -0.39 is 35.6 Å². The van der Waals surface area contributed by atoms with Crippen LogP contribution in [-0.4, -0.2) is 175 Å². The minimum Gasteiger partial charge on any atom is -0.561 e. The number of amidine groups is 1. The number of aromatic nitrogens is 6. The molecule has 0 radical (unpaired) electrons. The monoisotopic (exact) mass is 1910 g/mol. The number of hydrogen-bond donors (Lipinski definition) is 9. The minimum atomic E-state index is -0.729. The van der Waals surface area contributed by atoms with Gasteiger partial charge in [0.15, 0.2) is 17.6 Å². The number of fused-ring (bicyclic) bond motifs is 3. The number of aliphatic hydroxyl groups is 1. The number of amides is 1. The molecule has 3 aromatic carbocycles. The first-order valence-electron chi connectivity index (χ1n) is 48.8. The SMILES string of the molecule is CB1Cc2ccc(C(C)(C)C)cc2O1.CC(C)(C)C1=C(O)CCC1=O.CC(C)(C)C1=CCOB1O.CC(C)(C)C1=NC=CC1.CC(C)(C)C1=NCB(O)O1.CC(C)(C)C1=NCC(=O)N1.CC(C)(C)C1CCB(O)O1.CC(C)(C)N1CC=CN1.CC(C)(C)c1ccc2c(c1)B(O)OC2.CC(C)(C)c1ccc2c(c1)B(O)OC2.CC(C)(C)c1ncco1.CC(C)(C)c1ncn[nH]1.CC(C)(C)n1cccn1. The van der Waals surface area contributed by atoms with Crippen LogP contribution in [0.4, 0.5) is 0 Å². The average Bonchev–Trinajstić information content (AvgIpc) is 1.66. The molecule has 1 atom stereocenters. The number of nitrogens with zero attached hydrogens (tertiary/aromatic N) is 9. The molecule has 9 aliphatic heterocycles. The van der Waals surface area contributed by atoms with E-state index in [1.807, 2.05) is 122 Å². The van der Waals surface area contributed by atoms with Gasteiger partial charge in [0.05, 0.1) is 37.2 Å². The Bertz CT molecular complexity index is 4800. The lowest BCUT2D eigenvalue weighted by molar-refractivity contribution is -0.118. The summed E-state index contributed by atoms with van der Waals surface area (Å²) in [5, 5.41) is 71.2. The van der Waals surface area contributed by atoms with E-state index in [1.165, 1.54) is 34.3 Å². The van der Waals surface area contributed by atoms with Gasteiger partial charge in [0.1, 0.15) is 36.5 Å². The van der Waals surface area contributed by atoms with Gasteiger partial charge >= 0.3 is 42.5 Å². The fraction of sp³-hybridized carbons (Fsp3) is 0.629. The van der Waals surface area contributed by atoms with Crippen LogP contribution in [0.15, 0.2) is 159 Å². The number of Topliss-reactive ketones (excluding diaryl/α,β-unsaturated/α-hetero) is 1. The Morgan fingerprint density at radius 3 is 1.36 bits per heavy atom. The molecule has 27 nitrogen and oxygen atoms in total. The van der Waals surface area contributed by atoms with Gasteiger partial charge in [-0.1, -0.05) is 295 Å². The first-order valence-corrected chi connectivity index (χ1v) is 48.8. The number of carbonyl (C=O) groups excluding carboxylic acids is 2. The molecule has 0 spiro atoms. The van der Waals surface area contributed by atoms with Gasteiger partial charge in [-0.25, -0.2) is 15.0 Å². The van der Waals surface area contributed by atoms with E-state index in [9.17, 15) is 29.8 Å². The molecule has 0 saturated carbocycles. The van der Waals surface area contributed by atoms with Gasteiger partial charge < -0.3 is 73.3 Å². The van der Waals surface area contributed by atoms with Gasteiger partial charge in [0.2, 0.25) is 5.91 Å². The molecule has 1 aliphatic carbocycles. The Labute approximate surface area is 832 Å². The van der Waals surface area contributed by atoms with E-state index in [2.05, 4.69) is 313 Å². The molecular formula is C105H174B6N12O15. The number of carbonyl (C=O) groups is 2. The van der Waals surface area contributed by atoms with Crippen molar-refractivity contribution in [1.82, 2.24) is 45.7 Å². The molecule has 9 N–H and O–H groups in total. The van der Waals surface area contributed by atoms with Crippen molar-refractivity contribution >= 4 is 82.6 Å². The van der Waals surface area contributed by atoms with Crippen LogP contribution in [0, 0.1) is 32.5 Å². The molecule has 1 unspecified atom stereocenters. The Kier molecular flexibility index (Phi) is 45.0. The zero-order valence-corrected chi connectivity index (χ0v) is 92.0. The maximum atomic E-state index is 11.2. The van der Waals surface area contributed by atoms with Crippen LogP contribution in [0.3, 0.4) is 0 Å². The third-order valence-corrected chi connectivity index (χ3v) is 22.7. The molecule has 1 fully saturated rings. The zero-order valence-electron chi connectivity index (χ0n) is 92.0. The lowest BCUT2D eigenvalue weighted by Gasteiger charge is -2.31. The molecule has 6 aromatic rings. The quantitative estimate of drug-likeness (QED) is 0.0638. The molecule has 10 aliphatic rings. The Morgan fingerprint density at radius 1 is 0.536 bits per heavy atom. The predicted molar refractivity (Wildman–Crippen MR) is 570 cm³/mol. The summed E-state index contributed by atoms with van der Waals surface area (Å²) in [6.45, 7) is 87.6. The molecule has 33 heteroatoms. The van der Waals surface area contributed by atoms with Gasteiger partial charge in [0, 0.05) is 107 Å². The number of aliphatic hydroxyl groups excluding tert-OH is 1. The van der Waals surface area contributed by atoms with Crippen molar-refractivity contribution in [1.29, 1.82) is 0 Å². The van der Waals surface area contributed by atoms with Crippen LogP contribution in [0.25, 0.3) is 0 Å². The summed E-state index contributed by atoms with van der Waals surface area (Å²) in [5.41, 5.74) is 16.5. The number of nitrogens with one attached hydrogen (secondary N) is 3. The highest BCUT2D eigenvalue weighted by Gasteiger charge is 2.39. The molecule has 0 bridgehead atoms. The number of oxazole rings is 1. The zero-order chi connectivity index (χ0) is 105. The first-order chi connectivity index (χ1) is 62.9. The first kappa shape index (κ1) is 122. The maximum absolute atomic E-state index is 11.2. The van der Waals surface area contributed by atoms with Gasteiger partial charge in [-0.2, -0.15) is 10.2 Å². The second-order valence-corrected chi connectivity index (χ2v) is 49.4. The Hall–Kier alpha value is -8.48. The fourth-order valence-electron chi connectivity index (χ4n) is 14.1. The number of hydrogen-bond acceptors (Lipinski definition) is 24. The second kappa shape index (κ2) is 51.0. The van der Waals surface area contributed by atoms with Gasteiger partial charge in [0.25, 0.3) is 0 Å². The molecule has 138 heavy (non-hydrogen) atoms. The van der Waals surface area contributed by atoms with Crippen LogP contribution >= 0.6 is 0 Å². The van der Waals surface area contributed by atoms with Crippen LogP contribution in [0.2, 0.25) is 13.1 Å². The number of allylic oxidation sites excluding steroid dienone is 4. The summed E-state index contributed by atoms with van der Waals surface area (Å²) in [4.78, 5) is 42.2.